The van der Waals surface area contributed by atoms with Crippen molar-refractivity contribution in [2.24, 2.45) is 10.9 Å². The highest BCUT2D eigenvalue weighted by Crippen LogP contribution is 2.23. The van der Waals surface area contributed by atoms with Crippen LogP contribution in [0.4, 0.5) is 5.69 Å². The predicted octanol–water partition coefficient (Wildman–Crippen LogP) is 2.02. The van der Waals surface area contributed by atoms with Crippen molar-refractivity contribution in [2.45, 2.75) is 19.9 Å². The first-order chi connectivity index (χ1) is 7.25. The summed E-state index contributed by atoms with van der Waals surface area (Å²) in [6.07, 6.45) is 5.02. The van der Waals surface area contributed by atoms with E-state index in [0.29, 0.717) is 12.0 Å². The number of rotatable bonds is 2. The van der Waals surface area contributed by atoms with Gasteiger partial charge in [-0.05, 0) is 5.92 Å². The summed E-state index contributed by atoms with van der Waals surface area (Å²) in [7, 11) is 0. The van der Waals surface area contributed by atoms with Crippen molar-refractivity contribution in [3.05, 3.63) is 18.7 Å². The molecule has 0 spiro atoms. The van der Waals surface area contributed by atoms with E-state index in [9.17, 15) is 0 Å². The molecule has 0 fully saturated rings. The molecule has 1 unspecified atom stereocenters. The number of hydrogen-bond acceptors (Lipinski definition) is 5. The van der Waals surface area contributed by atoms with Crippen LogP contribution >= 0.6 is 11.8 Å². The van der Waals surface area contributed by atoms with Gasteiger partial charge in [0.2, 0.25) is 0 Å². The minimum atomic E-state index is 0.433. The Morgan fingerprint density at radius 2 is 2.13 bits per heavy atom. The molecule has 0 saturated carbocycles. The number of nitrogens with one attached hydrogen (secondary N) is 1. The Balaban J connectivity index is 2.00. The maximum atomic E-state index is 4.60. The molecule has 80 valence electrons. The molecule has 0 amide bonds. The van der Waals surface area contributed by atoms with Crippen LogP contribution in [0.3, 0.4) is 0 Å². The fourth-order valence-corrected chi connectivity index (χ4v) is 2.47. The zero-order valence-electron chi connectivity index (χ0n) is 8.84. The maximum absolute atomic E-state index is 4.60. The molecule has 5 heteroatoms. The first-order valence-corrected chi connectivity index (χ1v) is 5.97. The molecule has 2 rings (SSSR count). The smallest absolute Gasteiger partial charge is 0.161 e. The maximum Gasteiger partial charge on any atom is 0.161 e. The molecule has 0 radical (unpaired) electrons. The lowest BCUT2D eigenvalue weighted by Gasteiger charge is -2.07. The standard InChI is InChI=1S/C10H14N4S/c1-7(2)9-5-15-10(14-9)13-8-3-11-6-12-4-8/h3-4,6-7,9H,5H2,1-2H3,(H,13,14). The van der Waals surface area contributed by atoms with E-state index in [1.54, 1.807) is 24.2 Å². The van der Waals surface area contributed by atoms with Crippen LogP contribution in [0, 0.1) is 5.92 Å². The number of aromatic nitrogens is 2. The molecule has 2 heterocycles. The van der Waals surface area contributed by atoms with Crippen LogP contribution in [-0.2, 0) is 0 Å². The number of hydrogen-bond donors (Lipinski definition) is 1. The molecular formula is C10H14N4S. The minimum Gasteiger partial charge on any atom is -0.332 e. The van der Waals surface area contributed by atoms with Gasteiger partial charge in [0.05, 0.1) is 24.1 Å². The summed E-state index contributed by atoms with van der Waals surface area (Å²) in [5, 5.41) is 4.19. The van der Waals surface area contributed by atoms with Crippen LogP contribution in [0.2, 0.25) is 0 Å². The van der Waals surface area contributed by atoms with Crippen LogP contribution in [0.15, 0.2) is 23.7 Å². The minimum absolute atomic E-state index is 0.433. The highest BCUT2D eigenvalue weighted by molar-refractivity contribution is 8.14. The van der Waals surface area contributed by atoms with Crippen LogP contribution in [0.5, 0.6) is 0 Å². The third kappa shape index (κ3) is 2.68. The van der Waals surface area contributed by atoms with Crippen molar-refractivity contribution < 1.29 is 0 Å². The van der Waals surface area contributed by atoms with E-state index in [4.69, 9.17) is 0 Å². The Hall–Kier alpha value is -1.10. The summed E-state index contributed by atoms with van der Waals surface area (Å²) in [4.78, 5) is 12.5. The first-order valence-electron chi connectivity index (χ1n) is 4.98. The molecule has 0 aromatic carbocycles. The molecule has 1 aromatic heterocycles. The topological polar surface area (TPSA) is 50.2 Å². The highest BCUT2D eigenvalue weighted by atomic mass is 32.2. The number of thioether (sulfide) groups is 1. The summed E-state index contributed by atoms with van der Waals surface area (Å²) in [6, 6.07) is 0.433. The summed E-state index contributed by atoms with van der Waals surface area (Å²) >= 11 is 1.76. The Morgan fingerprint density at radius 3 is 2.73 bits per heavy atom. The molecular weight excluding hydrogens is 208 g/mol. The molecule has 1 aromatic rings. The summed E-state index contributed by atoms with van der Waals surface area (Å²) in [6.45, 7) is 4.40. The van der Waals surface area contributed by atoms with Gasteiger partial charge in [-0.15, -0.1) is 0 Å². The quantitative estimate of drug-likeness (QED) is 0.831. The van der Waals surface area contributed by atoms with Crippen molar-refractivity contribution in [1.82, 2.24) is 9.97 Å². The molecule has 4 nitrogen and oxygen atoms in total. The second-order valence-electron chi connectivity index (χ2n) is 3.81. The SMILES string of the molecule is CC(C)C1CSC(Nc2cncnc2)=N1. The van der Waals surface area contributed by atoms with Crippen molar-refractivity contribution in [1.29, 1.82) is 0 Å². The van der Waals surface area contributed by atoms with E-state index in [1.165, 1.54) is 6.33 Å². The number of amidine groups is 1. The van der Waals surface area contributed by atoms with Gasteiger partial charge in [0, 0.05) is 5.75 Å². The monoisotopic (exact) mass is 222 g/mol. The van der Waals surface area contributed by atoms with Gasteiger partial charge < -0.3 is 5.32 Å². The van der Waals surface area contributed by atoms with Crippen LogP contribution < -0.4 is 5.32 Å². The van der Waals surface area contributed by atoms with Crippen LogP contribution in [-0.4, -0.2) is 26.9 Å². The fourth-order valence-electron chi connectivity index (χ4n) is 1.29. The van der Waals surface area contributed by atoms with Gasteiger partial charge in [-0.1, -0.05) is 25.6 Å². The van der Waals surface area contributed by atoms with E-state index >= 15 is 0 Å². The first kappa shape index (κ1) is 10.4. The van der Waals surface area contributed by atoms with Gasteiger partial charge >= 0.3 is 0 Å². The second-order valence-corrected chi connectivity index (χ2v) is 4.82. The number of aliphatic imine (C=N–C) groups is 1. The molecule has 15 heavy (non-hydrogen) atoms. The van der Waals surface area contributed by atoms with E-state index < -0.39 is 0 Å². The Bertz CT molecular complexity index is 350. The van der Waals surface area contributed by atoms with Gasteiger partial charge in [0.25, 0.3) is 0 Å². The Morgan fingerprint density at radius 1 is 1.40 bits per heavy atom. The lowest BCUT2D eigenvalue weighted by Crippen LogP contribution is -2.12. The van der Waals surface area contributed by atoms with Gasteiger partial charge in [-0.2, -0.15) is 0 Å². The summed E-state index contributed by atoms with van der Waals surface area (Å²) in [5.74, 6) is 1.66. The van der Waals surface area contributed by atoms with Crippen molar-refractivity contribution in [3.8, 4) is 0 Å². The molecule has 0 bridgehead atoms. The number of nitrogens with zero attached hydrogens (tertiary/aromatic N) is 3. The average Bonchev–Trinajstić information content (AvgIpc) is 2.68. The highest BCUT2D eigenvalue weighted by Gasteiger charge is 2.20. The molecule has 1 aliphatic heterocycles. The number of anilines is 1. The Kier molecular flexibility index (Phi) is 3.20. The summed E-state index contributed by atoms with van der Waals surface area (Å²) < 4.78 is 0. The van der Waals surface area contributed by atoms with Crippen LogP contribution in [0.1, 0.15) is 13.8 Å². The van der Waals surface area contributed by atoms with E-state index in [2.05, 4.69) is 34.1 Å². The van der Waals surface area contributed by atoms with Gasteiger partial charge in [-0.3, -0.25) is 4.99 Å². The average molecular weight is 222 g/mol. The lowest BCUT2D eigenvalue weighted by molar-refractivity contribution is 0.543. The third-order valence-corrected chi connectivity index (χ3v) is 3.24. The van der Waals surface area contributed by atoms with E-state index in [0.717, 1.165) is 16.6 Å². The predicted molar refractivity (Wildman–Crippen MR) is 64.2 cm³/mol. The van der Waals surface area contributed by atoms with E-state index in [-0.39, 0.29) is 0 Å². The van der Waals surface area contributed by atoms with E-state index in [1.807, 2.05) is 0 Å². The zero-order valence-corrected chi connectivity index (χ0v) is 9.66. The summed E-state index contributed by atoms with van der Waals surface area (Å²) in [5.41, 5.74) is 0.896. The van der Waals surface area contributed by atoms with Crippen LogP contribution in [0.25, 0.3) is 0 Å². The van der Waals surface area contributed by atoms with Gasteiger partial charge in [0.15, 0.2) is 5.17 Å². The molecule has 1 aliphatic rings. The van der Waals surface area contributed by atoms with Crippen molar-refractivity contribution in [2.75, 3.05) is 11.1 Å². The molecule has 0 saturated heterocycles. The molecule has 1 atom stereocenters. The molecule has 0 aliphatic carbocycles. The van der Waals surface area contributed by atoms with Crippen molar-refractivity contribution >= 4 is 22.6 Å². The zero-order chi connectivity index (χ0) is 10.7. The van der Waals surface area contributed by atoms with Gasteiger partial charge in [0.1, 0.15) is 6.33 Å². The molecule has 1 N–H and O–H groups in total. The fraction of sp³-hybridized carbons (Fsp3) is 0.500. The largest absolute Gasteiger partial charge is 0.332 e. The van der Waals surface area contributed by atoms with Gasteiger partial charge in [-0.25, -0.2) is 9.97 Å². The second kappa shape index (κ2) is 4.61. The normalized spacial score (nSPS) is 20.5. The third-order valence-electron chi connectivity index (χ3n) is 2.26. The lowest BCUT2D eigenvalue weighted by atomic mass is 10.1. The van der Waals surface area contributed by atoms with Crippen molar-refractivity contribution in [3.63, 3.8) is 0 Å². The Labute approximate surface area is 93.6 Å².